The van der Waals surface area contributed by atoms with Crippen molar-refractivity contribution < 1.29 is 4.79 Å². The zero-order valence-electron chi connectivity index (χ0n) is 9.40. The molecule has 6 nitrogen and oxygen atoms in total. The number of nitrogens with zero attached hydrogens (tertiary/aromatic N) is 3. The van der Waals surface area contributed by atoms with Gasteiger partial charge in [0.1, 0.15) is 0 Å². The van der Waals surface area contributed by atoms with Crippen LogP contribution in [-0.2, 0) is 4.79 Å². The van der Waals surface area contributed by atoms with Crippen LogP contribution in [0.5, 0.6) is 0 Å². The van der Waals surface area contributed by atoms with E-state index in [2.05, 4.69) is 20.5 Å². The molecular weight excluding hydrogens is 206 g/mol. The van der Waals surface area contributed by atoms with E-state index in [0.717, 1.165) is 23.6 Å². The van der Waals surface area contributed by atoms with Crippen LogP contribution in [0, 0.1) is 6.92 Å². The predicted octanol–water partition coefficient (Wildman–Crippen LogP) is 0.605. The molecule has 2 N–H and O–H groups in total. The number of nitrogens with one attached hydrogen (secondary N) is 2. The number of rotatable bonds is 5. The van der Waals surface area contributed by atoms with E-state index >= 15 is 0 Å². The summed E-state index contributed by atoms with van der Waals surface area (Å²) in [7, 11) is 0. The Labute approximate surface area is 93.0 Å². The van der Waals surface area contributed by atoms with E-state index in [4.69, 9.17) is 0 Å². The van der Waals surface area contributed by atoms with Crippen molar-refractivity contribution in [2.75, 3.05) is 6.54 Å². The molecule has 2 rings (SSSR count). The number of hydrogen-bond acceptors (Lipinski definition) is 3. The normalized spacial score (nSPS) is 12.9. The molecule has 0 aliphatic heterocycles. The Morgan fingerprint density at radius 2 is 2.50 bits per heavy atom. The maximum Gasteiger partial charge on any atom is 0.207 e. The first-order chi connectivity index (χ1) is 7.70. The number of carbonyl (C=O) groups is 1. The highest BCUT2D eigenvalue weighted by Gasteiger charge is 2.12. The molecule has 6 heteroatoms. The van der Waals surface area contributed by atoms with E-state index in [0.29, 0.717) is 13.0 Å². The zero-order chi connectivity index (χ0) is 11.5. The van der Waals surface area contributed by atoms with Gasteiger partial charge in [-0.15, -0.1) is 5.10 Å². The number of H-pyrrole nitrogens is 1. The SMILES string of the molecule is Cc1cc2nc(C(C)CCNC=O)nn2[nH]1. The third-order valence-electron chi connectivity index (χ3n) is 2.52. The molecule has 0 fully saturated rings. The Balaban J connectivity index is 2.07. The third-order valence-corrected chi connectivity index (χ3v) is 2.52. The van der Waals surface area contributed by atoms with Gasteiger partial charge in [-0.2, -0.15) is 4.63 Å². The van der Waals surface area contributed by atoms with Crippen molar-refractivity contribution in [1.29, 1.82) is 0 Å². The lowest BCUT2D eigenvalue weighted by Gasteiger charge is -2.05. The second-order valence-corrected chi connectivity index (χ2v) is 3.94. The van der Waals surface area contributed by atoms with Gasteiger partial charge >= 0.3 is 0 Å². The van der Waals surface area contributed by atoms with Crippen LogP contribution in [0.1, 0.15) is 30.8 Å². The third kappa shape index (κ3) is 2.05. The summed E-state index contributed by atoms with van der Waals surface area (Å²) < 4.78 is 1.67. The predicted molar refractivity (Wildman–Crippen MR) is 59.2 cm³/mol. The van der Waals surface area contributed by atoms with Gasteiger partial charge in [0.05, 0.1) is 0 Å². The lowest BCUT2D eigenvalue weighted by atomic mass is 10.1. The fraction of sp³-hybridized carbons (Fsp3) is 0.500. The first kappa shape index (κ1) is 10.7. The Bertz CT molecular complexity index is 455. The summed E-state index contributed by atoms with van der Waals surface area (Å²) >= 11 is 0. The smallest absolute Gasteiger partial charge is 0.207 e. The second kappa shape index (κ2) is 4.34. The minimum atomic E-state index is 0.237. The fourth-order valence-electron chi connectivity index (χ4n) is 1.61. The number of carbonyl (C=O) groups excluding carboxylic acids is 1. The number of fused-ring (bicyclic) bond motifs is 1. The monoisotopic (exact) mass is 221 g/mol. The summed E-state index contributed by atoms with van der Waals surface area (Å²) in [6.07, 6.45) is 1.55. The molecule has 2 heterocycles. The Kier molecular flexibility index (Phi) is 2.89. The summed E-state index contributed by atoms with van der Waals surface area (Å²) in [6, 6.07) is 1.95. The molecule has 1 atom stereocenters. The van der Waals surface area contributed by atoms with Gasteiger partial charge in [-0.05, 0) is 13.3 Å². The Morgan fingerprint density at radius 3 is 3.19 bits per heavy atom. The quantitative estimate of drug-likeness (QED) is 0.573. The zero-order valence-corrected chi connectivity index (χ0v) is 9.40. The van der Waals surface area contributed by atoms with Crippen molar-refractivity contribution in [2.24, 2.45) is 0 Å². The molecule has 2 aromatic heterocycles. The number of aromatic amines is 1. The highest BCUT2D eigenvalue weighted by atomic mass is 16.1. The topological polar surface area (TPSA) is 75.1 Å². The largest absolute Gasteiger partial charge is 0.359 e. The van der Waals surface area contributed by atoms with Gasteiger partial charge in [0.15, 0.2) is 11.5 Å². The van der Waals surface area contributed by atoms with Crippen LogP contribution in [0.15, 0.2) is 6.07 Å². The van der Waals surface area contributed by atoms with Gasteiger partial charge in [0.25, 0.3) is 0 Å². The lowest BCUT2D eigenvalue weighted by molar-refractivity contribution is -0.109. The molecule has 0 aromatic carbocycles. The molecule has 16 heavy (non-hydrogen) atoms. The van der Waals surface area contributed by atoms with Crippen LogP contribution < -0.4 is 5.32 Å². The summed E-state index contributed by atoms with van der Waals surface area (Å²) in [5.74, 6) is 1.04. The molecule has 0 saturated heterocycles. The first-order valence-corrected chi connectivity index (χ1v) is 5.30. The molecule has 0 radical (unpaired) electrons. The van der Waals surface area contributed by atoms with Gasteiger partial charge in [0.2, 0.25) is 6.41 Å². The van der Waals surface area contributed by atoms with E-state index in [1.165, 1.54) is 0 Å². The van der Waals surface area contributed by atoms with Crippen molar-refractivity contribution >= 4 is 12.1 Å². The van der Waals surface area contributed by atoms with Gasteiger partial charge in [0, 0.05) is 24.2 Å². The summed E-state index contributed by atoms with van der Waals surface area (Å²) in [5.41, 5.74) is 1.87. The van der Waals surface area contributed by atoms with Crippen LogP contribution >= 0.6 is 0 Å². The summed E-state index contributed by atoms with van der Waals surface area (Å²) in [4.78, 5) is 14.5. The fourth-order valence-corrected chi connectivity index (χ4v) is 1.61. The minimum Gasteiger partial charge on any atom is -0.359 e. The number of aromatic nitrogens is 4. The molecule has 0 aliphatic rings. The number of amides is 1. The Morgan fingerprint density at radius 1 is 1.69 bits per heavy atom. The summed E-state index contributed by atoms with van der Waals surface area (Å²) in [5, 5.41) is 10.1. The average Bonchev–Trinajstić information content (AvgIpc) is 2.74. The molecule has 0 bridgehead atoms. The van der Waals surface area contributed by atoms with Crippen LogP contribution in [0.25, 0.3) is 5.65 Å². The first-order valence-electron chi connectivity index (χ1n) is 5.30. The molecule has 0 saturated carbocycles. The molecule has 86 valence electrons. The minimum absolute atomic E-state index is 0.237. The molecule has 0 spiro atoms. The average molecular weight is 221 g/mol. The highest BCUT2D eigenvalue weighted by Crippen LogP contribution is 2.15. The number of aryl methyl sites for hydroxylation is 1. The van der Waals surface area contributed by atoms with Crippen molar-refractivity contribution in [2.45, 2.75) is 26.2 Å². The molecule has 1 amide bonds. The van der Waals surface area contributed by atoms with Gasteiger partial charge in [-0.25, -0.2) is 4.98 Å². The highest BCUT2D eigenvalue weighted by molar-refractivity contribution is 5.45. The van der Waals surface area contributed by atoms with E-state index in [-0.39, 0.29) is 5.92 Å². The van der Waals surface area contributed by atoms with E-state index in [1.54, 1.807) is 4.63 Å². The van der Waals surface area contributed by atoms with Crippen molar-refractivity contribution in [3.8, 4) is 0 Å². The standard InChI is InChI=1S/C10H15N5O/c1-7(3-4-11-6-16)10-12-9-5-8(2)13-15(9)14-10/h5-7,13H,3-4H2,1-2H3,(H,11,16). The van der Waals surface area contributed by atoms with Crippen LogP contribution in [0.3, 0.4) is 0 Å². The maximum absolute atomic E-state index is 10.1. The second-order valence-electron chi connectivity index (χ2n) is 3.94. The maximum atomic E-state index is 10.1. The van der Waals surface area contributed by atoms with Crippen LogP contribution in [0.2, 0.25) is 0 Å². The van der Waals surface area contributed by atoms with E-state index < -0.39 is 0 Å². The lowest BCUT2D eigenvalue weighted by Crippen LogP contribution is -2.14. The van der Waals surface area contributed by atoms with Gasteiger partial charge < -0.3 is 5.32 Å². The van der Waals surface area contributed by atoms with Gasteiger partial charge in [-0.1, -0.05) is 6.92 Å². The van der Waals surface area contributed by atoms with E-state index in [9.17, 15) is 4.79 Å². The van der Waals surface area contributed by atoms with Gasteiger partial charge in [-0.3, -0.25) is 9.89 Å². The summed E-state index contributed by atoms with van der Waals surface area (Å²) in [6.45, 7) is 4.67. The van der Waals surface area contributed by atoms with Crippen molar-refractivity contribution in [3.63, 3.8) is 0 Å². The molecule has 2 aromatic rings. The van der Waals surface area contributed by atoms with E-state index in [1.807, 2.05) is 19.9 Å². The molecular formula is C10H15N5O. The number of hydrogen-bond donors (Lipinski definition) is 2. The van der Waals surface area contributed by atoms with Crippen molar-refractivity contribution in [1.82, 2.24) is 25.1 Å². The van der Waals surface area contributed by atoms with Crippen LogP contribution in [-0.4, -0.2) is 32.8 Å². The molecule has 0 aliphatic carbocycles. The Hall–Kier alpha value is -1.85. The van der Waals surface area contributed by atoms with Crippen molar-refractivity contribution in [3.05, 3.63) is 17.6 Å². The van der Waals surface area contributed by atoms with Crippen LogP contribution in [0.4, 0.5) is 0 Å². The molecule has 1 unspecified atom stereocenters.